The van der Waals surface area contributed by atoms with Gasteiger partial charge in [-0.25, -0.2) is 12.1 Å². The van der Waals surface area contributed by atoms with Crippen LogP contribution in [-0.4, -0.2) is 4.98 Å². The Morgan fingerprint density at radius 2 is 1.85 bits per heavy atom. The van der Waals surface area contributed by atoms with Crippen molar-refractivity contribution in [2.75, 3.05) is 0 Å². The Bertz CT molecular complexity index is 281. The zero-order chi connectivity index (χ0) is 8.81. The average Bonchev–Trinajstić information content (AvgIpc) is 2.21. The van der Waals surface area contributed by atoms with Crippen molar-refractivity contribution in [1.82, 2.24) is 4.98 Å². The van der Waals surface area contributed by atoms with Crippen molar-refractivity contribution in [3.63, 3.8) is 0 Å². The fourth-order valence-corrected chi connectivity index (χ4v) is 0.961. The van der Waals surface area contributed by atoms with Gasteiger partial charge in [-0.2, -0.15) is 0 Å². The van der Waals surface area contributed by atoms with Crippen LogP contribution in [0.25, 0.3) is 10.9 Å². The van der Waals surface area contributed by atoms with Gasteiger partial charge < -0.3 is 0 Å². The number of pyridine rings is 1. The number of hydrogen-bond donors (Lipinski definition) is 0. The third-order valence-electron chi connectivity index (χ3n) is 1.45. The molecule has 0 aliphatic rings. The van der Waals surface area contributed by atoms with Crippen LogP contribution in [0.15, 0.2) is 36.5 Å². The Hall–Kier alpha value is -0.266. The van der Waals surface area contributed by atoms with Gasteiger partial charge in [-0.1, -0.05) is 38.2 Å². The van der Waals surface area contributed by atoms with Gasteiger partial charge in [-0.05, 0) is 5.52 Å². The first kappa shape index (κ1) is 12.7. The summed E-state index contributed by atoms with van der Waals surface area (Å²) in [5.74, 6) is 0. The molecule has 0 N–H and O–H groups in total. The van der Waals surface area contributed by atoms with Crippen LogP contribution in [0.1, 0.15) is 13.8 Å². The Balaban J connectivity index is 0.000000451. The monoisotopic (exact) mass is 247 g/mol. The molecule has 0 unspecified atom stereocenters. The molecular formula is C11H12NY-. The third-order valence-corrected chi connectivity index (χ3v) is 1.45. The smallest absolute Gasteiger partial charge is 0 e. The van der Waals surface area contributed by atoms with Crippen molar-refractivity contribution >= 4 is 10.9 Å². The summed E-state index contributed by atoms with van der Waals surface area (Å²) in [7, 11) is 0. The van der Waals surface area contributed by atoms with Crippen molar-refractivity contribution in [3.05, 3.63) is 42.6 Å². The first-order chi connectivity index (χ1) is 5.97. The molecule has 1 aromatic heterocycles. The Labute approximate surface area is 104 Å². The van der Waals surface area contributed by atoms with E-state index in [1.54, 1.807) is 6.20 Å². The van der Waals surface area contributed by atoms with Crippen molar-refractivity contribution in [1.29, 1.82) is 0 Å². The van der Waals surface area contributed by atoms with Crippen molar-refractivity contribution in [2.24, 2.45) is 0 Å². The van der Waals surface area contributed by atoms with E-state index in [0.717, 1.165) is 10.9 Å². The third kappa shape index (κ3) is 3.54. The van der Waals surface area contributed by atoms with Gasteiger partial charge in [-0.15, -0.1) is 11.5 Å². The molecule has 2 rings (SSSR count). The quantitative estimate of drug-likeness (QED) is 0.652. The van der Waals surface area contributed by atoms with Gasteiger partial charge in [0, 0.05) is 32.7 Å². The van der Waals surface area contributed by atoms with E-state index in [1.165, 1.54) is 0 Å². The van der Waals surface area contributed by atoms with Gasteiger partial charge in [0.25, 0.3) is 0 Å². The maximum atomic E-state index is 4.13. The van der Waals surface area contributed by atoms with E-state index < -0.39 is 0 Å². The SMILES string of the molecule is CC.[Y].[c-]1cnc2ccccc2c1. The van der Waals surface area contributed by atoms with E-state index in [2.05, 4.69) is 11.1 Å². The van der Waals surface area contributed by atoms with Crippen LogP contribution in [0.2, 0.25) is 0 Å². The fourth-order valence-electron chi connectivity index (χ4n) is 0.961. The molecule has 2 heteroatoms. The van der Waals surface area contributed by atoms with Gasteiger partial charge in [0.15, 0.2) is 0 Å². The Morgan fingerprint density at radius 3 is 2.54 bits per heavy atom. The number of benzene rings is 1. The Kier molecular flexibility index (Phi) is 7.02. The van der Waals surface area contributed by atoms with Crippen LogP contribution in [0, 0.1) is 6.07 Å². The van der Waals surface area contributed by atoms with Crippen molar-refractivity contribution < 1.29 is 32.7 Å². The van der Waals surface area contributed by atoms with Crippen LogP contribution in [0.5, 0.6) is 0 Å². The number of fused-ring (bicyclic) bond motifs is 1. The summed E-state index contributed by atoms with van der Waals surface area (Å²) in [5, 5.41) is 1.14. The van der Waals surface area contributed by atoms with Gasteiger partial charge >= 0.3 is 0 Å². The van der Waals surface area contributed by atoms with Gasteiger partial charge in [0.2, 0.25) is 0 Å². The van der Waals surface area contributed by atoms with E-state index in [1.807, 2.05) is 44.2 Å². The second-order valence-corrected chi connectivity index (χ2v) is 2.13. The summed E-state index contributed by atoms with van der Waals surface area (Å²) in [6.45, 7) is 4.00. The normalized spacial score (nSPS) is 8.15. The predicted molar refractivity (Wildman–Crippen MR) is 51.9 cm³/mol. The first-order valence-corrected chi connectivity index (χ1v) is 4.18. The molecule has 0 amide bonds. The van der Waals surface area contributed by atoms with Crippen molar-refractivity contribution in [2.45, 2.75) is 13.8 Å². The summed E-state index contributed by atoms with van der Waals surface area (Å²) in [5.41, 5.74) is 1.03. The number of nitrogens with zero attached hydrogens (tertiary/aromatic N) is 1. The van der Waals surface area contributed by atoms with Gasteiger partial charge in [-0.3, -0.25) is 4.98 Å². The minimum atomic E-state index is 0. The molecule has 0 bridgehead atoms. The molecule has 13 heavy (non-hydrogen) atoms. The number of para-hydroxylation sites is 1. The summed E-state index contributed by atoms with van der Waals surface area (Å²) in [6, 6.07) is 12.9. The summed E-state index contributed by atoms with van der Waals surface area (Å²) in [6.07, 6.45) is 1.68. The summed E-state index contributed by atoms with van der Waals surface area (Å²) < 4.78 is 0. The molecule has 1 radical (unpaired) electrons. The van der Waals surface area contributed by atoms with Crippen LogP contribution >= 0.6 is 0 Å². The molecule has 0 atom stereocenters. The maximum absolute atomic E-state index is 4.13. The number of hydrogen-bond acceptors (Lipinski definition) is 1. The molecule has 1 aromatic carbocycles. The molecule has 0 saturated heterocycles. The summed E-state index contributed by atoms with van der Waals surface area (Å²) in [4.78, 5) is 4.13. The fraction of sp³-hybridized carbons (Fsp3) is 0.182. The average molecular weight is 247 g/mol. The van der Waals surface area contributed by atoms with Crippen LogP contribution in [0.4, 0.5) is 0 Å². The molecule has 0 spiro atoms. The largest absolute Gasteiger partial charge is 0.296 e. The minimum Gasteiger partial charge on any atom is -0.296 e. The second kappa shape index (κ2) is 7.17. The standard InChI is InChI=1S/C9H6N.C2H6.Y/c1-2-6-9-8(4-1)5-3-7-10-9;1-2;/h1-2,4-7H;1-2H3;/q-1;;. The number of rotatable bonds is 0. The van der Waals surface area contributed by atoms with Crippen LogP contribution < -0.4 is 0 Å². The molecule has 0 aliphatic heterocycles. The molecule has 2 aromatic rings. The van der Waals surface area contributed by atoms with Crippen LogP contribution in [-0.2, 0) is 32.7 Å². The molecular weight excluding hydrogens is 235 g/mol. The van der Waals surface area contributed by atoms with Crippen LogP contribution in [0.3, 0.4) is 0 Å². The Morgan fingerprint density at radius 1 is 1.15 bits per heavy atom. The van der Waals surface area contributed by atoms with Gasteiger partial charge in [0.05, 0.1) is 0 Å². The first-order valence-electron chi connectivity index (χ1n) is 4.18. The van der Waals surface area contributed by atoms with E-state index in [9.17, 15) is 0 Å². The van der Waals surface area contributed by atoms with E-state index in [4.69, 9.17) is 0 Å². The maximum Gasteiger partial charge on any atom is 0 e. The molecule has 0 fully saturated rings. The second-order valence-electron chi connectivity index (χ2n) is 2.13. The van der Waals surface area contributed by atoms with Crippen molar-refractivity contribution in [3.8, 4) is 0 Å². The van der Waals surface area contributed by atoms with E-state index in [-0.39, 0.29) is 32.7 Å². The van der Waals surface area contributed by atoms with Gasteiger partial charge in [0.1, 0.15) is 0 Å². The summed E-state index contributed by atoms with van der Waals surface area (Å²) >= 11 is 0. The molecule has 1 nitrogen and oxygen atoms in total. The molecule has 0 saturated carbocycles. The molecule has 1 heterocycles. The molecule has 0 aliphatic carbocycles. The van der Waals surface area contributed by atoms with E-state index >= 15 is 0 Å². The topological polar surface area (TPSA) is 12.9 Å². The zero-order valence-electron chi connectivity index (χ0n) is 7.99. The zero-order valence-corrected chi connectivity index (χ0v) is 10.8. The van der Waals surface area contributed by atoms with E-state index in [0.29, 0.717) is 0 Å². The predicted octanol–water partition coefficient (Wildman–Crippen LogP) is 3.06. The number of aromatic nitrogens is 1. The minimum absolute atomic E-state index is 0. The molecule has 65 valence electrons.